The van der Waals surface area contributed by atoms with Gasteiger partial charge in [-0.05, 0) is 25.7 Å². The first kappa shape index (κ1) is 14.1. The Hall–Kier alpha value is -1.36. The largest absolute Gasteiger partial charge is 0.481 e. The van der Waals surface area contributed by atoms with Gasteiger partial charge in [-0.3, -0.25) is 0 Å². The monoisotopic (exact) mass is 264 g/mol. The number of anilines is 1. The molecule has 0 spiro atoms. The molecule has 1 aromatic heterocycles. The topological polar surface area (TPSA) is 73.1 Å². The van der Waals surface area contributed by atoms with E-state index in [2.05, 4.69) is 15.3 Å². The number of aromatic nitrogens is 2. The van der Waals surface area contributed by atoms with E-state index in [0.717, 1.165) is 5.69 Å². The standard InChI is InChI=1S/C14H24N4O/c1-10-8-13(19-2)18-14(16-10)17-12(9-15)11-6-4-3-5-7-11/h8,11-12H,3-7,9,15H2,1-2H3,(H,16,17,18). The number of hydrogen-bond donors (Lipinski definition) is 2. The maximum absolute atomic E-state index is 5.91. The average Bonchev–Trinajstić information content (AvgIpc) is 2.45. The van der Waals surface area contributed by atoms with Crippen molar-refractivity contribution in [2.75, 3.05) is 19.0 Å². The van der Waals surface area contributed by atoms with Crippen LogP contribution in [-0.2, 0) is 0 Å². The molecular weight excluding hydrogens is 240 g/mol. The van der Waals surface area contributed by atoms with Gasteiger partial charge in [0.05, 0.1) is 7.11 Å². The number of nitrogens with one attached hydrogen (secondary N) is 1. The highest BCUT2D eigenvalue weighted by molar-refractivity contribution is 5.32. The fraction of sp³-hybridized carbons (Fsp3) is 0.714. The normalized spacial score (nSPS) is 18.1. The summed E-state index contributed by atoms with van der Waals surface area (Å²) in [6, 6.07) is 2.08. The van der Waals surface area contributed by atoms with Crippen LogP contribution in [0.15, 0.2) is 6.07 Å². The van der Waals surface area contributed by atoms with Crippen molar-refractivity contribution in [2.24, 2.45) is 11.7 Å². The van der Waals surface area contributed by atoms with Crippen LogP contribution >= 0.6 is 0 Å². The number of nitrogens with zero attached hydrogens (tertiary/aromatic N) is 2. The van der Waals surface area contributed by atoms with E-state index < -0.39 is 0 Å². The molecule has 5 nitrogen and oxygen atoms in total. The van der Waals surface area contributed by atoms with Gasteiger partial charge in [-0.1, -0.05) is 19.3 Å². The lowest BCUT2D eigenvalue weighted by atomic mass is 9.84. The van der Waals surface area contributed by atoms with E-state index in [4.69, 9.17) is 10.5 Å². The van der Waals surface area contributed by atoms with E-state index in [1.54, 1.807) is 7.11 Å². The van der Waals surface area contributed by atoms with E-state index in [-0.39, 0.29) is 6.04 Å². The molecule has 0 radical (unpaired) electrons. The van der Waals surface area contributed by atoms with Gasteiger partial charge in [0.15, 0.2) is 0 Å². The molecule has 106 valence electrons. The van der Waals surface area contributed by atoms with E-state index >= 15 is 0 Å². The van der Waals surface area contributed by atoms with Crippen molar-refractivity contribution in [2.45, 2.75) is 45.1 Å². The van der Waals surface area contributed by atoms with E-state index in [0.29, 0.717) is 24.3 Å². The molecule has 1 heterocycles. The molecule has 1 fully saturated rings. The molecule has 0 bridgehead atoms. The Bertz CT molecular complexity index is 404. The Morgan fingerprint density at radius 2 is 2.11 bits per heavy atom. The molecule has 1 aromatic rings. The van der Waals surface area contributed by atoms with Gasteiger partial charge < -0.3 is 15.8 Å². The van der Waals surface area contributed by atoms with Crippen LogP contribution in [0.1, 0.15) is 37.8 Å². The van der Waals surface area contributed by atoms with Crippen LogP contribution in [0.2, 0.25) is 0 Å². The van der Waals surface area contributed by atoms with Crippen molar-refractivity contribution in [3.63, 3.8) is 0 Å². The SMILES string of the molecule is COc1cc(C)nc(NC(CN)C2CCCCC2)n1. The summed E-state index contributed by atoms with van der Waals surface area (Å²) < 4.78 is 5.17. The third-order valence-corrected chi connectivity index (χ3v) is 3.83. The highest BCUT2D eigenvalue weighted by atomic mass is 16.5. The molecule has 3 N–H and O–H groups in total. The summed E-state index contributed by atoms with van der Waals surface area (Å²) in [5.41, 5.74) is 6.81. The molecule has 1 aliphatic rings. The third kappa shape index (κ3) is 3.80. The van der Waals surface area contributed by atoms with Gasteiger partial charge >= 0.3 is 0 Å². The van der Waals surface area contributed by atoms with Crippen molar-refractivity contribution < 1.29 is 4.74 Å². The van der Waals surface area contributed by atoms with E-state index in [1.165, 1.54) is 32.1 Å². The highest BCUT2D eigenvalue weighted by Crippen LogP contribution is 2.27. The summed E-state index contributed by atoms with van der Waals surface area (Å²) in [4.78, 5) is 8.74. The van der Waals surface area contributed by atoms with Crippen LogP contribution in [0.4, 0.5) is 5.95 Å². The van der Waals surface area contributed by atoms with Crippen LogP contribution in [0.25, 0.3) is 0 Å². The Morgan fingerprint density at radius 3 is 2.74 bits per heavy atom. The molecule has 19 heavy (non-hydrogen) atoms. The van der Waals surface area contributed by atoms with Crippen molar-refractivity contribution in [3.8, 4) is 5.88 Å². The predicted octanol–water partition coefficient (Wildman–Crippen LogP) is 2.11. The number of ether oxygens (including phenoxy) is 1. The molecule has 0 aromatic carbocycles. The molecule has 1 unspecified atom stereocenters. The second kappa shape index (κ2) is 6.70. The molecule has 2 rings (SSSR count). The first-order valence-electron chi connectivity index (χ1n) is 7.09. The minimum absolute atomic E-state index is 0.256. The maximum Gasteiger partial charge on any atom is 0.226 e. The number of rotatable bonds is 5. The van der Waals surface area contributed by atoms with Crippen LogP contribution in [0, 0.1) is 12.8 Å². The van der Waals surface area contributed by atoms with Crippen molar-refractivity contribution in [1.82, 2.24) is 9.97 Å². The third-order valence-electron chi connectivity index (χ3n) is 3.83. The zero-order valence-corrected chi connectivity index (χ0v) is 11.9. The number of hydrogen-bond acceptors (Lipinski definition) is 5. The minimum Gasteiger partial charge on any atom is -0.481 e. The van der Waals surface area contributed by atoms with Gasteiger partial charge in [-0.25, -0.2) is 4.98 Å². The molecule has 1 atom stereocenters. The van der Waals surface area contributed by atoms with Gasteiger partial charge in [-0.2, -0.15) is 4.98 Å². The Balaban J connectivity index is 2.06. The summed E-state index contributed by atoms with van der Waals surface area (Å²) in [6.45, 7) is 2.55. The number of aryl methyl sites for hydroxylation is 1. The lowest BCUT2D eigenvalue weighted by molar-refractivity contribution is 0.319. The first-order valence-corrected chi connectivity index (χ1v) is 7.09. The van der Waals surface area contributed by atoms with Crippen molar-refractivity contribution in [3.05, 3.63) is 11.8 Å². The van der Waals surface area contributed by atoms with Crippen LogP contribution in [-0.4, -0.2) is 29.7 Å². The Morgan fingerprint density at radius 1 is 1.37 bits per heavy atom. The van der Waals surface area contributed by atoms with Crippen LogP contribution in [0.3, 0.4) is 0 Å². The minimum atomic E-state index is 0.256. The van der Waals surface area contributed by atoms with Crippen molar-refractivity contribution in [1.29, 1.82) is 0 Å². The zero-order valence-electron chi connectivity index (χ0n) is 11.9. The van der Waals surface area contributed by atoms with Gasteiger partial charge in [0.2, 0.25) is 11.8 Å². The molecule has 5 heteroatoms. The molecule has 0 aliphatic heterocycles. The van der Waals surface area contributed by atoms with Gasteiger partial charge in [0, 0.05) is 24.3 Å². The smallest absolute Gasteiger partial charge is 0.226 e. The van der Waals surface area contributed by atoms with Crippen molar-refractivity contribution >= 4 is 5.95 Å². The van der Waals surface area contributed by atoms with E-state index in [9.17, 15) is 0 Å². The molecule has 0 amide bonds. The molecule has 0 saturated heterocycles. The van der Waals surface area contributed by atoms with Crippen LogP contribution < -0.4 is 15.8 Å². The van der Waals surface area contributed by atoms with Crippen LogP contribution in [0.5, 0.6) is 5.88 Å². The summed E-state index contributed by atoms with van der Waals surface area (Å²) in [6.07, 6.45) is 6.46. The fourth-order valence-electron chi connectivity index (χ4n) is 2.78. The molecular formula is C14H24N4O. The quantitative estimate of drug-likeness (QED) is 0.852. The zero-order chi connectivity index (χ0) is 13.7. The summed E-state index contributed by atoms with van der Waals surface area (Å²) >= 11 is 0. The highest BCUT2D eigenvalue weighted by Gasteiger charge is 2.23. The predicted molar refractivity (Wildman–Crippen MR) is 76.4 cm³/mol. The number of nitrogens with two attached hydrogens (primary N) is 1. The molecule has 1 aliphatic carbocycles. The van der Waals surface area contributed by atoms with Gasteiger partial charge in [-0.15, -0.1) is 0 Å². The number of methoxy groups -OCH3 is 1. The second-order valence-corrected chi connectivity index (χ2v) is 5.26. The maximum atomic E-state index is 5.91. The lowest BCUT2D eigenvalue weighted by Crippen LogP contribution is -2.38. The molecule has 1 saturated carbocycles. The lowest BCUT2D eigenvalue weighted by Gasteiger charge is -2.30. The van der Waals surface area contributed by atoms with E-state index in [1.807, 2.05) is 13.0 Å². The second-order valence-electron chi connectivity index (χ2n) is 5.26. The Labute approximate surface area is 115 Å². The summed E-state index contributed by atoms with van der Waals surface area (Å²) in [7, 11) is 1.62. The summed E-state index contributed by atoms with van der Waals surface area (Å²) in [5, 5.41) is 3.39. The summed E-state index contributed by atoms with van der Waals surface area (Å²) in [5.74, 6) is 1.85. The average molecular weight is 264 g/mol. The van der Waals surface area contributed by atoms with Gasteiger partial charge in [0.25, 0.3) is 0 Å². The fourth-order valence-corrected chi connectivity index (χ4v) is 2.78. The Kier molecular flexibility index (Phi) is 4.96. The van der Waals surface area contributed by atoms with Gasteiger partial charge in [0.1, 0.15) is 0 Å². The first-order chi connectivity index (χ1) is 9.22.